The second kappa shape index (κ2) is 17.5. The van der Waals surface area contributed by atoms with Gasteiger partial charge in [0, 0.05) is 17.7 Å². The Hall–Kier alpha value is -1.24. The van der Waals surface area contributed by atoms with Crippen LogP contribution >= 0.6 is 45.1 Å². The van der Waals surface area contributed by atoms with Gasteiger partial charge in [-0.15, -0.1) is 10.3 Å². The monoisotopic (exact) mass is 634 g/mol. The molecule has 0 fully saturated rings. The summed E-state index contributed by atoms with van der Waals surface area (Å²) in [5.74, 6) is -1.50. The first-order valence-electron chi connectivity index (χ1n) is 12.6. The number of esters is 1. The summed E-state index contributed by atoms with van der Waals surface area (Å²) >= 11 is 17.1. The number of hydrogen-bond donors (Lipinski definition) is 4. The number of allylic oxidation sites excluding steroid dienone is 1. The van der Waals surface area contributed by atoms with E-state index in [1.54, 1.807) is 32.9 Å². The zero-order chi connectivity index (χ0) is 30.4. The molecule has 39 heavy (non-hydrogen) atoms. The summed E-state index contributed by atoms with van der Waals surface area (Å²) in [5.41, 5.74) is 0. The predicted octanol–water partition coefficient (Wildman–Crippen LogP) is 3.48. The van der Waals surface area contributed by atoms with Gasteiger partial charge in [0.25, 0.3) is 0 Å². The van der Waals surface area contributed by atoms with Crippen molar-refractivity contribution < 1.29 is 28.1 Å². The van der Waals surface area contributed by atoms with Gasteiger partial charge in [-0.25, -0.2) is 0 Å². The Morgan fingerprint density at radius 1 is 1.05 bits per heavy atom. The lowest BCUT2D eigenvalue weighted by Gasteiger charge is -2.46. The fourth-order valence-electron chi connectivity index (χ4n) is 3.07. The Kier molecular flexibility index (Phi) is 17.0. The van der Waals surface area contributed by atoms with Crippen LogP contribution in [0.15, 0.2) is 12.2 Å². The van der Waals surface area contributed by atoms with E-state index >= 15 is 0 Å². The number of halogens is 3. The van der Waals surface area contributed by atoms with Crippen molar-refractivity contribution in [3.8, 4) is 0 Å². The van der Waals surface area contributed by atoms with Crippen molar-refractivity contribution in [1.29, 1.82) is 0 Å². The summed E-state index contributed by atoms with van der Waals surface area (Å²) in [5, 5.41) is 11.1. The minimum atomic E-state index is -1.78. The van der Waals surface area contributed by atoms with Crippen molar-refractivity contribution >= 4 is 69.3 Å². The summed E-state index contributed by atoms with van der Waals surface area (Å²) in [6, 6.07) is -1.87. The molecule has 14 heteroatoms. The molecule has 0 saturated carbocycles. The van der Waals surface area contributed by atoms with Crippen molar-refractivity contribution in [3.05, 3.63) is 12.2 Å². The van der Waals surface area contributed by atoms with Crippen LogP contribution in [0.5, 0.6) is 0 Å². The molecule has 4 atom stereocenters. The predicted molar refractivity (Wildman–Crippen MR) is 160 cm³/mol. The van der Waals surface area contributed by atoms with Gasteiger partial charge in [0.1, 0.15) is 18.7 Å². The number of ether oxygens (including phenoxy) is 1. The highest BCUT2D eigenvalue weighted by Gasteiger charge is 2.36. The lowest BCUT2D eigenvalue weighted by atomic mass is 10.1. The molecular formula is C25H45Cl3N4O6S. The minimum absolute atomic E-state index is 0.113. The van der Waals surface area contributed by atoms with Crippen LogP contribution in [0, 0.1) is 0 Å². The van der Waals surface area contributed by atoms with Crippen LogP contribution in [0.25, 0.3) is 0 Å². The first-order valence-corrected chi connectivity index (χ1v) is 16.1. The van der Waals surface area contributed by atoms with E-state index in [0.717, 1.165) is 0 Å². The van der Waals surface area contributed by atoms with E-state index in [2.05, 4.69) is 42.0 Å². The third-order valence-electron chi connectivity index (χ3n) is 5.84. The summed E-state index contributed by atoms with van der Waals surface area (Å²) < 4.78 is 9.52. The highest BCUT2D eigenvalue weighted by Crippen LogP contribution is 2.54. The normalized spacial score (nSPS) is 16.1. The topological polar surface area (TPSA) is 135 Å². The van der Waals surface area contributed by atoms with Crippen molar-refractivity contribution in [2.45, 2.75) is 93.7 Å². The molecule has 0 radical (unpaired) electrons. The van der Waals surface area contributed by atoms with Crippen molar-refractivity contribution in [1.82, 2.24) is 21.3 Å². The van der Waals surface area contributed by atoms with E-state index in [1.165, 1.54) is 0 Å². The van der Waals surface area contributed by atoms with Gasteiger partial charge in [-0.1, -0.05) is 67.7 Å². The second-order valence-electron chi connectivity index (χ2n) is 10.4. The number of carbonyl (C=O) groups is 4. The first kappa shape index (κ1) is 37.8. The van der Waals surface area contributed by atoms with Gasteiger partial charge in [0.2, 0.25) is 22.0 Å². The molecule has 0 aliphatic rings. The summed E-state index contributed by atoms with van der Waals surface area (Å²) in [4.78, 5) is 49.1. The second-order valence-corrected chi connectivity index (χ2v) is 16.8. The Bertz CT molecular complexity index is 834. The minimum Gasteiger partial charge on any atom is -0.460 e. The Balaban J connectivity index is 5.63. The van der Waals surface area contributed by atoms with E-state index in [1.807, 2.05) is 12.5 Å². The quantitative estimate of drug-likeness (QED) is 0.0480. The van der Waals surface area contributed by atoms with E-state index in [4.69, 9.17) is 43.7 Å². The Morgan fingerprint density at radius 3 is 2.18 bits per heavy atom. The van der Waals surface area contributed by atoms with Crippen molar-refractivity contribution in [2.24, 2.45) is 0 Å². The van der Waals surface area contributed by atoms with Crippen LogP contribution in [0.3, 0.4) is 0 Å². The Labute approximate surface area is 249 Å². The lowest BCUT2D eigenvalue weighted by Crippen LogP contribution is -2.58. The van der Waals surface area contributed by atoms with Gasteiger partial charge < -0.3 is 24.9 Å². The largest absolute Gasteiger partial charge is 0.460 e. The summed E-state index contributed by atoms with van der Waals surface area (Å²) in [6.07, 6.45) is 7.49. The third-order valence-corrected chi connectivity index (χ3v) is 9.91. The highest BCUT2D eigenvalue weighted by molar-refractivity contribution is 8.29. The van der Waals surface area contributed by atoms with E-state index in [0.29, 0.717) is 19.4 Å². The molecule has 3 amide bonds. The molecule has 4 unspecified atom stereocenters. The van der Waals surface area contributed by atoms with Gasteiger partial charge in [0.05, 0.1) is 12.3 Å². The molecule has 0 aromatic rings. The molecule has 0 bridgehead atoms. The first-order chi connectivity index (χ1) is 17.8. The zero-order valence-electron chi connectivity index (χ0n) is 24.1. The van der Waals surface area contributed by atoms with Gasteiger partial charge in [0.15, 0.2) is 0 Å². The summed E-state index contributed by atoms with van der Waals surface area (Å²) in [6.45, 7) is 11.3. The molecule has 0 aliphatic heterocycles. The smallest absolute Gasteiger partial charge is 0.323 e. The maximum Gasteiger partial charge on any atom is 0.323 e. The maximum atomic E-state index is 13.4. The van der Waals surface area contributed by atoms with Crippen molar-refractivity contribution in [2.75, 3.05) is 25.7 Å². The molecule has 0 aromatic carbocycles. The lowest BCUT2D eigenvalue weighted by molar-refractivity contribution is -0.146. The molecule has 4 N–H and O–H groups in total. The van der Waals surface area contributed by atoms with Crippen LogP contribution in [0.4, 0.5) is 0 Å². The van der Waals surface area contributed by atoms with Crippen LogP contribution in [-0.2, 0) is 28.1 Å². The molecule has 0 saturated heterocycles. The number of hydrogen-bond acceptors (Lipinski definition) is 7. The Morgan fingerprint density at radius 2 is 1.67 bits per heavy atom. The number of nitrogens with one attached hydrogen (secondary N) is 4. The van der Waals surface area contributed by atoms with Crippen LogP contribution in [-0.4, -0.2) is 82.7 Å². The zero-order valence-corrected chi connectivity index (χ0v) is 27.2. The molecule has 228 valence electrons. The standard InChI is InChI=1S/C25H45Cl3N4O6S/c1-9-10-13-20(34)32-21(17(2)38-39(7,8)24(4,5)6)22(35)31-18(3)30-19(12-11-14-29-16-33)23(36)37-15-25(26,27)28/h9-10,16-19,21,30H,11-15H2,1-8H3,(H,29,33)(H,31,35)(H,32,34)/b10-9+. The molecule has 0 heterocycles. The van der Waals surface area contributed by atoms with Crippen LogP contribution in [0.2, 0.25) is 0 Å². The maximum absolute atomic E-state index is 13.4. The van der Waals surface area contributed by atoms with E-state index in [-0.39, 0.29) is 23.5 Å². The molecule has 0 aromatic heterocycles. The van der Waals surface area contributed by atoms with Gasteiger partial charge in [-0.2, -0.15) is 0 Å². The van der Waals surface area contributed by atoms with Gasteiger partial charge in [-0.3, -0.25) is 24.5 Å². The van der Waals surface area contributed by atoms with Crippen LogP contribution in [0.1, 0.15) is 60.8 Å². The highest BCUT2D eigenvalue weighted by atomic mass is 35.6. The molecule has 0 spiro atoms. The average Bonchev–Trinajstić information content (AvgIpc) is 2.79. The molecule has 0 aliphatic carbocycles. The average molecular weight is 636 g/mol. The number of carbonyl (C=O) groups excluding carboxylic acids is 4. The van der Waals surface area contributed by atoms with Gasteiger partial charge >= 0.3 is 5.97 Å². The SMILES string of the molecule is C/C=C/CC(=O)NC(C(=O)NC(C)NC(CCCNC=O)C(=O)OCC(Cl)(Cl)Cl)C(C)OS(C)(C)C(C)(C)C. The number of alkyl halides is 3. The number of rotatable bonds is 17. The van der Waals surface area contributed by atoms with E-state index < -0.39 is 56.9 Å². The van der Waals surface area contributed by atoms with Crippen molar-refractivity contribution in [3.63, 3.8) is 0 Å². The third kappa shape index (κ3) is 16.0. The summed E-state index contributed by atoms with van der Waals surface area (Å²) in [7, 11) is -1.61. The fourth-order valence-corrected chi connectivity index (χ4v) is 4.39. The van der Waals surface area contributed by atoms with Gasteiger partial charge in [-0.05, 0) is 46.1 Å². The molecule has 10 nitrogen and oxygen atoms in total. The molecule has 0 rings (SSSR count). The fraction of sp³-hybridized carbons (Fsp3) is 0.760. The van der Waals surface area contributed by atoms with Crippen LogP contribution < -0.4 is 21.3 Å². The number of amides is 3. The molecular weight excluding hydrogens is 591 g/mol. The van der Waals surface area contributed by atoms with E-state index in [9.17, 15) is 19.2 Å².